The summed E-state index contributed by atoms with van der Waals surface area (Å²) in [7, 11) is 0. The van der Waals surface area contributed by atoms with E-state index in [-0.39, 0.29) is 0 Å². The van der Waals surface area contributed by atoms with Crippen molar-refractivity contribution in [3.05, 3.63) is 27.7 Å². The van der Waals surface area contributed by atoms with Gasteiger partial charge in [0.25, 0.3) is 0 Å². The Labute approximate surface area is 127 Å². The van der Waals surface area contributed by atoms with E-state index in [0.717, 1.165) is 0 Å². The van der Waals surface area contributed by atoms with Crippen LogP contribution in [0.5, 0.6) is 0 Å². The van der Waals surface area contributed by atoms with Gasteiger partial charge in [0.05, 0.1) is 5.69 Å². The quantitative estimate of drug-likeness (QED) is 0.559. The molecule has 0 aliphatic carbocycles. The second-order valence-electron chi connectivity index (χ2n) is 5.69. The highest BCUT2D eigenvalue weighted by molar-refractivity contribution is 9.10. The fourth-order valence-corrected chi connectivity index (χ4v) is 3.26. The summed E-state index contributed by atoms with van der Waals surface area (Å²) in [6.45, 7) is 8.86. The maximum Gasteiger partial charge on any atom is 0.0516 e. The van der Waals surface area contributed by atoms with Gasteiger partial charge in [-0.3, -0.25) is 0 Å². The Kier molecular flexibility index (Phi) is 7.52. The molecule has 0 saturated carbocycles. The van der Waals surface area contributed by atoms with E-state index in [1.165, 1.54) is 59.8 Å². The van der Waals surface area contributed by atoms with Crippen molar-refractivity contribution in [3.8, 4) is 0 Å². The van der Waals surface area contributed by atoms with Crippen LogP contribution in [0.4, 0.5) is 5.69 Å². The molecule has 0 aliphatic heterocycles. The number of nitrogens with one attached hydrogen (secondary N) is 1. The van der Waals surface area contributed by atoms with Crippen LogP contribution in [0.2, 0.25) is 0 Å². The molecule has 0 amide bonds. The van der Waals surface area contributed by atoms with Gasteiger partial charge in [-0.15, -0.1) is 0 Å². The average Bonchev–Trinajstić information content (AvgIpc) is 2.33. The van der Waals surface area contributed by atoms with Crippen molar-refractivity contribution in [3.63, 3.8) is 0 Å². The minimum Gasteiger partial charge on any atom is -0.381 e. The highest BCUT2D eigenvalue weighted by Gasteiger charge is 2.08. The molecule has 0 spiro atoms. The summed E-state index contributed by atoms with van der Waals surface area (Å²) in [4.78, 5) is 0. The summed E-state index contributed by atoms with van der Waals surface area (Å²) >= 11 is 3.67. The minimum atomic E-state index is 0.541. The van der Waals surface area contributed by atoms with Gasteiger partial charge in [0, 0.05) is 10.5 Å². The smallest absolute Gasteiger partial charge is 0.0516 e. The van der Waals surface area contributed by atoms with E-state index in [1.807, 2.05) is 0 Å². The van der Waals surface area contributed by atoms with E-state index in [0.29, 0.717) is 6.04 Å². The third-order valence-corrected chi connectivity index (χ3v) is 4.19. The topological polar surface area (TPSA) is 12.0 Å². The SMILES string of the molecule is CCCCCCCC(C)Nc1c(C)cc(C)cc1Br. The number of rotatable bonds is 8. The van der Waals surface area contributed by atoms with Crippen molar-refractivity contribution in [2.45, 2.75) is 72.3 Å². The van der Waals surface area contributed by atoms with Crippen molar-refractivity contribution in [2.24, 2.45) is 0 Å². The van der Waals surface area contributed by atoms with Gasteiger partial charge in [-0.1, -0.05) is 45.1 Å². The third kappa shape index (κ3) is 5.99. The predicted octanol–water partition coefficient (Wildman–Crippen LogP) is 6.23. The van der Waals surface area contributed by atoms with Crippen LogP contribution >= 0.6 is 15.9 Å². The van der Waals surface area contributed by atoms with E-state index in [9.17, 15) is 0 Å². The molecule has 2 heteroatoms. The molecule has 0 heterocycles. The first-order valence-electron chi connectivity index (χ1n) is 7.58. The third-order valence-electron chi connectivity index (χ3n) is 3.56. The molecular weight excluding hydrogens is 298 g/mol. The van der Waals surface area contributed by atoms with Gasteiger partial charge in [0.2, 0.25) is 0 Å². The summed E-state index contributed by atoms with van der Waals surface area (Å²) in [6.07, 6.45) is 8.04. The molecule has 1 unspecified atom stereocenters. The molecule has 0 fully saturated rings. The Morgan fingerprint density at radius 3 is 2.42 bits per heavy atom. The van der Waals surface area contributed by atoms with Crippen molar-refractivity contribution in [1.82, 2.24) is 0 Å². The maximum atomic E-state index is 3.67. The van der Waals surface area contributed by atoms with Crippen molar-refractivity contribution < 1.29 is 0 Å². The van der Waals surface area contributed by atoms with Crippen LogP contribution < -0.4 is 5.32 Å². The van der Waals surface area contributed by atoms with Crippen LogP contribution in [0.15, 0.2) is 16.6 Å². The molecule has 0 radical (unpaired) electrons. The summed E-state index contributed by atoms with van der Waals surface area (Å²) in [5.41, 5.74) is 3.89. The predicted molar refractivity (Wildman–Crippen MR) is 90.1 cm³/mol. The maximum absolute atomic E-state index is 3.67. The number of hydrogen-bond donors (Lipinski definition) is 1. The van der Waals surface area contributed by atoms with Gasteiger partial charge < -0.3 is 5.32 Å². The molecule has 0 saturated heterocycles. The van der Waals surface area contributed by atoms with E-state index in [4.69, 9.17) is 0 Å². The lowest BCUT2D eigenvalue weighted by Crippen LogP contribution is -2.16. The van der Waals surface area contributed by atoms with Gasteiger partial charge in [-0.2, -0.15) is 0 Å². The molecule has 1 N–H and O–H groups in total. The Morgan fingerprint density at radius 2 is 1.79 bits per heavy atom. The highest BCUT2D eigenvalue weighted by atomic mass is 79.9. The van der Waals surface area contributed by atoms with Gasteiger partial charge >= 0.3 is 0 Å². The molecule has 19 heavy (non-hydrogen) atoms. The number of halogens is 1. The summed E-state index contributed by atoms with van der Waals surface area (Å²) in [6, 6.07) is 4.96. The molecule has 1 atom stereocenters. The zero-order valence-corrected chi connectivity index (χ0v) is 14.4. The first-order valence-corrected chi connectivity index (χ1v) is 8.37. The molecule has 0 aliphatic rings. The Hall–Kier alpha value is -0.500. The fraction of sp³-hybridized carbons (Fsp3) is 0.647. The van der Waals surface area contributed by atoms with E-state index in [2.05, 4.69) is 61.1 Å². The Morgan fingerprint density at radius 1 is 1.11 bits per heavy atom. The number of benzene rings is 1. The van der Waals surface area contributed by atoms with Crippen LogP contribution in [0.25, 0.3) is 0 Å². The van der Waals surface area contributed by atoms with Gasteiger partial charge in [-0.25, -0.2) is 0 Å². The lowest BCUT2D eigenvalue weighted by molar-refractivity contribution is 0.578. The Balaban J connectivity index is 2.42. The first kappa shape index (κ1) is 16.6. The van der Waals surface area contributed by atoms with Crippen molar-refractivity contribution in [2.75, 3.05) is 5.32 Å². The lowest BCUT2D eigenvalue weighted by Gasteiger charge is -2.19. The van der Waals surface area contributed by atoms with E-state index < -0.39 is 0 Å². The molecular formula is C17H28BrN. The normalized spacial score (nSPS) is 12.5. The van der Waals surface area contributed by atoms with Crippen LogP contribution in [0.1, 0.15) is 63.5 Å². The fourth-order valence-electron chi connectivity index (χ4n) is 2.47. The summed E-state index contributed by atoms with van der Waals surface area (Å²) in [5, 5.41) is 3.65. The van der Waals surface area contributed by atoms with Gasteiger partial charge in [0.1, 0.15) is 0 Å². The largest absolute Gasteiger partial charge is 0.381 e. The van der Waals surface area contributed by atoms with E-state index in [1.54, 1.807) is 0 Å². The van der Waals surface area contributed by atoms with Crippen molar-refractivity contribution in [1.29, 1.82) is 0 Å². The van der Waals surface area contributed by atoms with Gasteiger partial charge in [0.15, 0.2) is 0 Å². The standard InChI is InChI=1S/C17H28BrN/c1-5-6-7-8-9-10-15(4)19-17-14(3)11-13(2)12-16(17)18/h11-12,15,19H,5-10H2,1-4H3. The first-order chi connectivity index (χ1) is 9.04. The zero-order valence-electron chi connectivity index (χ0n) is 12.9. The summed E-state index contributed by atoms with van der Waals surface area (Å²) < 4.78 is 1.18. The minimum absolute atomic E-state index is 0.541. The molecule has 1 aromatic rings. The van der Waals surface area contributed by atoms with Crippen molar-refractivity contribution >= 4 is 21.6 Å². The van der Waals surface area contributed by atoms with Crippen LogP contribution in [0, 0.1) is 13.8 Å². The molecule has 108 valence electrons. The second-order valence-corrected chi connectivity index (χ2v) is 6.54. The number of hydrogen-bond acceptors (Lipinski definition) is 1. The van der Waals surface area contributed by atoms with Gasteiger partial charge in [-0.05, 0) is 60.3 Å². The number of unbranched alkanes of at least 4 members (excludes halogenated alkanes) is 4. The molecule has 1 rings (SSSR count). The lowest BCUT2D eigenvalue weighted by atomic mass is 10.1. The van der Waals surface area contributed by atoms with Crippen LogP contribution in [0.3, 0.4) is 0 Å². The molecule has 1 nitrogen and oxygen atoms in total. The van der Waals surface area contributed by atoms with Crippen LogP contribution in [-0.4, -0.2) is 6.04 Å². The molecule has 1 aromatic carbocycles. The second kappa shape index (κ2) is 8.63. The zero-order chi connectivity index (χ0) is 14.3. The van der Waals surface area contributed by atoms with Crippen LogP contribution in [-0.2, 0) is 0 Å². The number of anilines is 1. The number of aryl methyl sites for hydroxylation is 2. The monoisotopic (exact) mass is 325 g/mol. The average molecular weight is 326 g/mol. The summed E-state index contributed by atoms with van der Waals surface area (Å²) in [5.74, 6) is 0. The molecule has 0 bridgehead atoms. The highest BCUT2D eigenvalue weighted by Crippen LogP contribution is 2.28. The molecule has 0 aromatic heterocycles. The Bertz CT molecular complexity index is 364. The van der Waals surface area contributed by atoms with E-state index >= 15 is 0 Å².